The van der Waals surface area contributed by atoms with Gasteiger partial charge in [-0.05, 0) is 42.3 Å². The largest absolute Gasteiger partial charge is 0.497 e. The van der Waals surface area contributed by atoms with Gasteiger partial charge in [-0.2, -0.15) is 0 Å². The highest BCUT2D eigenvalue weighted by Gasteiger charge is 2.29. The lowest BCUT2D eigenvalue weighted by atomic mass is 9.98. The third-order valence-electron chi connectivity index (χ3n) is 6.10. The molecule has 1 N–H and O–H groups in total. The van der Waals surface area contributed by atoms with E-state index >= 15 is 0 Å². The topological polar surface area (TPSA) is 53.1 Å². The van der Waals surface area contributed by atoms with Gasteiger partial charge in [-0.1, -0.05) is 42.5 Å². The minimum Gasteiger partial charge on any atom is -0.497 e. The maximum absolute atomic E-state index is 12.5. The van der Waals surface area contributed by atoms with Crippen LogP contribution in [0.25, 0.3) is 22.1 Å². The van der Waals surface area contributed by atoms with Crippen molar-refractivity contribution in [3.8, 4) is 22.6 Å². The van der Waals surface area contributed by atoms with Crippen LogP contribution in [0.2, 0.25) is 0 Å². The van der Waals surface area contributed by atoms with Gasteiger partial charge in [-0.25, -0.2) is 4.79 Å². The molecule has 5 rings (SSSR count). The minimum absolute atomic E-state index is 0.251. The van der Waals surface area contributed by atoms with Crippen LogP contribution in [0.4, 0.5) is 0 Å². The van der Waals surface area contributed by atoms with Crippen LogP contribution < -0.4 is 20.0 Å². The molecule has 0 saturated heterocycles. The Morgan fingerprint density at radius 3 is 2.52 bits per heavy atom. The number of hydrogen-bond acceptors (Lipinski definition) is 4. The average molecular weight is 414 g/mol. The smallest absolute Gasteiger partial charge is 0.336 e. The Hall–Kier alpha value is -3.57. The summed E-state index contributed by atoms with van der Waals surface area (Å²) >= 11 is 0. The molecule has 5 nitrogen and oxygen atoms in total. The molecule has 1 aromatic heterocycles. The van der Waals surface area contributed by atoms with E-state index in [0.29, 0.717) is 12.3 Å². The number of ether oxygens (including phenoxy) is 2. The molecule has 0 saturated carbocycles. The highest BCUT2D eigenvalue weighted by atomic mass is 16.5. The van der Waals surface area contributed by atoms with Gasteiger partial charge in [0.1, 0.15) is 24.1 Å². The second kappa shape index (κ2) is 7.93. The third kappa shape index (κ3) is 3.57. The lowest BCUT2D eigenvalue weighted by molar-refractivity contribution is -0.960. The number of quaternary nitrogens is 1. The summed E-state index contributed by atoms with van der Waals surface area (Å²) in [5, 5.41) is 0.903. The van der Waals surface area contributed by atoms with E-state index < -0.39 is 0 Å². The number of fused-ring (bicyclic) bond motifs is 3. The van der Waals surface area contributed by atoms with Gasteiger partial charge >= 0.3 is 5.63 Å². The van der Waals surface area contributed by atoms with E-state index in [1.54, 1.807) is 13.2 Å². The quantitative estimate of drug-likeness (QED) is 0.514. The molecule has 2 heterocycles. The first-order chi connectivity index (χ1) is 15.1. The lowest BCUT2D eigenvalue weighted by Gasteiger charge is -2.31. The fraction of sp³-hybridized carbons (Fsp3) is 0.192. The van der Waals surface area contributed by atoms with E-state index in [2.05, 4.69) is 31.2 Å². The van der Waals surface area contributed by atoms with Crippen molar-refractivity contribution >= 4 is 11.0 Å². The van der Waals surface area contributed by atoms with E-state index in [-0.39, 0.29) is 11.7 Å². The third-order valence-corrected chi connectivity index (χ3v) is 6.10. The van der Waals surface area contributed by atoms with Crippen molar-refractivity contribution in [2.75, 3.05) is 13.8 Å². The van der Waals surface area contributed by atoms with Gasteiger partial charge in [0.05, 0.1) is 12.7 Å². The van der Waals surface area contributed by atoms with Crippen molar-refractivity contribution in [1.82, 2.24) is 0 Å². The zero-order valence-electron chi connectivity index (χ0n) is 17.6. The molecule has 0 aliphatic carbocycles. The minimum atomic E-state index is -0.366. The molecule has 1 aliphatic heterocycles. The summed E-state index contributed by atoms with van der Waals surface area (Å²) < 4.78 is 17.1. The molecular weight excluding hydrogens is 390 g/mol. The molecule has 156 valence electrons. The van der Waals surface area contributed by atoms with Gasteiger partial charge in [-0.15, -0.1) is 0 Å². The van der Waals surface area contributed by atoms with Crippen LogP contribution in [0.5, 0.6) is 11.5 Å². The van der Waals surface area contributed by atoms with Gasteiger partial charge in [0.2, 0.25) is 6.73 Å². The summed E-state index contributed by atoms with van der Waals surface area (Å²) in [6, 6.07) is 23.9. The van der Waals surface area contributed by atoms with Crippen molar-refractivity contribution in [3.63, 3.8) is 0 Å². The first-order valence-corrected chi connectivity index (χ1v) is 10.4. The monoisotopic (exact) mass is 414 g/mol. The van der Waals surface area contributed by atoms with E-state index in [0.717, 1.165) is 40.1 Å². The Morgan fingerprint density at radius 1 is 1.00 bits per heavy atom. The first-order valence-electron chi connectivity index (χ1n) is 10.4. The van der Waals surface area contributed by atoms with E-state index in [9.17, 15) is 4.79 Å². The van der Waals surface area contributed by atoms with Crippen molar-refractivity contribution in [2.45, 2.75) is 19.5 Å². The summed E-state index contributed by atoms with van der Waals surface area (Å²) in [4.78, 5) is 13.8. The van der Waals surface area contributed by atoms with Crippen LogP contribution in [0.15, 0.2) is 82.0 Å². The molecular formula is C26H24NO4+. The van der Waals surface area contributed by atoms with E-state index in [1.165, 1.54) is 10.5 Å². The fourth-order valence-electron chi connectivity index (χ4n) is 4.28. The maximum Gasteiger partial charge on any atom is 0.336 e. The van der Waals surface area contributed by atoms with Crippen LogP contribution in [0, 0.1) is 0 Å². The maximum atomic E-state index is 12.5. The fourth-order valence-corrected chi connectivity index (χ4v) is 4.28. The number of rotatable bonds is 4. The molecule has 3 aromatic carbocycles. The van der Waals surface area contributed by atoms with Crippen LogP contribution in [-0.4, -0.2) is 13.8 Å². The number of benzene rings is 3. The Morgan fingerprint density at radius 2 is 1.77 bits per heavy atom. The zero-order chi connectivity index (χ0) is 21.4. The molecule has 31 heavy (non-hydrogen) atoms. The molecule has 4 aromatic rings. The van der Waals surface area contributed by atoms with Gasteiger partial charge < -0.3 is 13.9 Å². The highest BCUT2D eigenvalue weighted by Crippen LogP contribution is 2.34. The summed E-state index contributed by atoms with van der Waals surface area (Å²) in [6.07, 6.45) is 0. The first kappa shape index (κ1) is 19.4. The van der Waals surface area contributed by atoms with Crippen LogP contribution >= 0.6 is 0 Å². The molecule has 2 atom stereocenters. The predicted octanol–water partition coefficient (Wildman–Crippen LogP) is 3.96. The zero-order valence-corrected chi connectivity index (χ0v) is 17.6. The SMILES string of the molecule is COc1ccc(-c2cc(=O)oc3c4c(ccc23)OC[NH+]([C@@H](C)c2ccccc2)C4)cc1. The van der Waals surface area contributed by atoms with E-state index in [1.807, 2.05) is 42.5 Å². The lowest BCUT2D eigenvalue weighted by Crippen LogP contribution is -3.12. The van der Waals surface area contributed by atoms with Crippen molar-refractivity contribution in [1.29, 1.82) is 0 Å². The van der Waals surface area contributed by atoms with Crippen LogP contribution in [0.1, 0.15) is 24.1 Å². The molecule has 0 bridgehead atoms. The molecule has 1 unspecified atom stereocenters. The molecule has 0 spiro atoms. The van der Waals surface area contributed by atoms with Crippen molar-refractivity contribution in [2.24, 2.45) is 0 Å². The van der Waals surface area contributed by atoms with Crippen LogP contribution in [0.3, 0.4) is 0 Å². The Balaban J connectivity index is 1.59. The number of nitrogens with one attached hydrogen (secondary N) is 1. The van der Waals surface area contributed by atoms with Crippen molar-refractivity contribution in [3.05, 3.63) is 94.3 Å². The van der Waals surface area contributed by atoms with Gasteiger partial charge in [0.15, 0.2) is 5.58 Å². The highest BCUT2D eigenvalue weighted by molar-refractivity contribution is 5.95. The normalized spacial score (nSPS) is 16.4. The van der Waals surface area contributed by atoms with Gasteiger partial charge in [0, 0.05) is 17.0 Å². The summed E-state index contributed by atoms with van der Waals surface area (Å²) in [7, 11) is 1.64. The van der Waals surface area contributed by atoms with Gasteiger partial charge in [0.25, 0.3) is 0 Å². The van der Waals surface area contributed by atoms with Crippen LogP contribution in [-0.2, 0) is 6.54 Å². The Labute approximate surface area is 180 Å². The summed E-state index contributed by atoms with van der Waals surface area (Å²) in [6.45, 7) is 3.48. The Kier molecular flexibility index (Phi) is 4.96. The van der Waals surface area contributed by atoms with E-state index in [4.69, 9.17) is 13.9 Å². The van der Waals surface area contributed by atoms with Crippen molar-refractivity contribution < 1.29 is 18.8 Å². The average Bonchev–Trinajstić information content (AvgIpc) is 2.83. The number of methoxy groups -OCH3 is 1. The number of hydrogen-bond donors (Lipinski definition) is 1. The summed E-state index contributed by atoms with van der Waals surface area (Å²) in [5.41, 5.74) is 4.22. The second-order valence-corrected chi connectivity index (χ2v) is 7.88. The molecule has 0 fully saturated rings. The predicted molar refractivity (Wildman–Crippen MR) is 119 cm³/mol. The molecule has 0 amide bonds. The molecule has 5 heteroatoms. The molecule has 0 radical (unpaired) electrons. The molecule has 1 aliphatic rings. The second-order valence-electron chi connectivity index (χ2n) is 7.88. The standard InChI is InChI=1S/C26H23NO4/c1-17(18-6-4-3-5-7-18)27-15-23-24(30-16-27)13-12-21-22(14-25(28)31-26(21)23)19-8-10-20(29-2)11-9-19/h3-14,17H,15-16H2,1-2H3/p+1/t17-/m0/s1. The summed E-state index contributed by atoms with van der Waals surface area (Å²) in [5.74, 6) is 1.56. The Bertz CT molecular complexity index is 1280. The van der Waals surface area contributed by atoms with Gasteiger partial charge in [-0.3, -0.25) is 4.90 Å².